The number of amides is 2. The van der Waals surface area contributed by atoms with E-state index in [4.69, 9.17) is 9.73 Å². The lowest BCUT2D eigenvalue weighted by Crippen LogP contribution is -2.53. The van der Waals surface area contributed by atoms with Crippen LogP contribution in [0.1, 0.15) is 42.9 Å². The van der Waals surface area contributed by atoms with E-state index in [1.54, 1.807) is 55.8 Å². The molecule has 13 heteroatoms. The van der Waals surface area contributed by atoms with Crippen molar-refractivity contribution in [3.63, 3.8) is 0 Å². The Morgan fingerprint density at radius 2 is 2.05 bits per heavy atom. The van der Waals surface area contributed by atoms with E-state index >= 15 is 0 Å². The number of ether oxygens (including phenoxy) is 1. The van der Waals surface area contributed by atoms with Crippen molar-refractivity contribution in [3.8, 4) is 0 Å². The van der Waals surface area contributed by atoms with Gasteiger partial charge < -0.3 is 25.0 Å². The predicted molar refractivity (Wildman–Crippen MR) is 155 cm³/mol. The van der Waals surface area contributed by atoms with Gasteiger partial charge in [-0.05, 0) is 44.9 Å². The molecule has 3 aliphatic rings. The number of carboxylic acid groups (broad SMARTS) is 1. The predicted octanol–water partition coefficient (Wildman–Crippen LogP) is 3.03. The molecule has 2 N–H and O–H groups in total. The Morgan fingerprint density at radius 1 is 1.26 bits per heavy atom. The second-order valence-electron chi connectivity index (χ2n) is 11.3. The Bertz CT molecular complexity index is 1440. The van der Waals surface area contributed by atoms with Gasteiger partial charge in [-0.15, -0.1) is 11.3 Å². The van der Waals surface area contributed by atoms with Crippen LogP contribution < -0.4 is 5.32 Å². The van der Waals surface area contributed by atoms with Gasteiger partial charge in [0, 0.05) is 56.5 Å². The first-order valence-corrected chi connectivity index (χ1v) is 14.8. The van der Waals surface area contributed by atoms with Gasteiger partial charge in [0.15, 0.2) is 10.8 Å². The highest BCUT2D eigenvalue weighted by molar-refractivity contribution is 7.11. The molecule has 1 unspecified atom stereocenters. The van der Waals surface area contributed by atoms with Crippen molar-refractivity contribution in [2.45, 2.75) is 39.8 Å². The number of halogens is 1. The average molecular weight is 599 g/mol. The molecule has 2 atom stereocenters. The molecule has 2 fully saturated rings. The topological polar surface area (TPSA) is 128 Å². The number of thiazole rings is 1. The van der Waals surface area contributed by atoms with Gasteiger partial charge in [0.25, 0.3) is 0 Å². The normalized spacial score (nSPS) is 21.3. The Morgan fingerprint density at radius 3 is 2.74 bits per heavy atom. The van der Waals surface area contributed by atoms with E-state index in [-0.39, 0.29) is 31.0 Å². The van der Waals surface area contributed by atoms with Crippen LogP contribution in [0.15, 0.2) is 46.0 Å². The molecule has 1 aromatic carbocycles. The third kappa shape index (κ3) is 5.75. The van der Waals surface area contributed by atoms with Gasteiger partial charge in [0.2, 0.25) is 0 Å². The molecule has 4 heterocycles. The fourth-order valence-corrected chi connectivity index (χ4v) is 6.24. The number of esters is 1. The molecule has 11 nitrogen and oxygen atoms in total. The average Bonchev–Trinajstić information content (AvgIpc) is 3.58. The van der Waals surface area contributed by atoms with Crippen molar-refractivity contribution < 1.29 is 28.6 Å². The molecule has 0 bridgehead atoms. The largest absolute Gasteiger partial charge is 0.481 e. The SMILES string of the molecule is CCOC(=O)C1=C(CN2CCN3C(=O)N(CC(C)(C)C(=O)O)CC3C2)NC(c2nccs2)=N[C@H]1c1cccc(F)c1C. The molecule has 224 valence electrons. The number of hydrogen-bond donors (Lipinski definition) is 2. The molecule has 42 heavy (non-hydrogen) atoms. The summed E-state index contributed by atoms with van der Waals surface area (Å²) >= 11 is 1.40. The zero-order chi connectivity index (χ0) is 30.2. The highest BCUT2D eigenvalue weighted by Crippen LogP contribution is 2.36. The van der Waals surface area contributed by atoms with E-state index in [2.05, 4.69) is 15.2 Å². The van der Waals surface area contributed by atoms with E-state index in [9.17, 15) is 23.9 Å². The number of carboxylic acids is 1. The Hall–Kier alpha value is -3.84. The third-order valence-corrected chi connectivity index (χ3v) is 8.70. The van der Waals surface area contributed by atoms with Crippen molar-refractivity contribution in [1.29, 1.82) is 0 Å². The zero-order valence-electron chi connectivity index (χ0n) is 24.1. The number of piperazine rings is 1. The summed E-state index contributed by atoms with van der Waals surface area (Å²) in [5.74, 6) is -1.39. The first-order chi connectivity index (χ1) is 20.0. The quantitative estimate of drug-likeness (QED) is 0.422. The summed E-state index contributed by atoms with van der Waals surface area (Å²) in [4.78, 5) is 53.0. The number of nitrogens with zero attached hydrogens (tertiary/aromatic N) is 5. The number of hydrogen-bond acceptors (Lipinski definition) is 9. The summed E-state index contributed by atoms with van der Waals surface area (Å²) in [5.41, 5.74) is 0.791. The summed E-state index contributed by atoms with van der Waals surface area (Å²) in [6.07, 6.45) is 1.67. The van der Waals surface area contributed by atoms with Gasteiger partial charge in [-0.1, -0.05) is 12.1 Å². The number of rotatable bonds is 9. The maximum Gasteiger partial charge on any atom is 0.338 e. The number of aliphatic carboxylic acids is 1. The van der Waals surface area contributed by atoms with Gasteiger partial charge in [-0.25, -0.2) is 19.0 Å². The van der Waals surface area contributed by atoms with Crippen molar-refractivity contribution in [1.82, 2.24) is 25.0 Å². The molecule has 5 rings (SSSR count). The van der Waals surface area contributed by atoms with Gasteiger partial charge in [0.05, 0.1) is 23.6 Å². The molecule has 0 aliphatic carbocycles. The molecule has 3 aliphatic heterocycles. The highest BCUT2D eigenvalue weighted by atomic mass is 32.1. The Kier molecular flexibility index (Phi) is 8.33. The number of carbonyl (C=O) groups is 3. The van der Waals surface area contributed by atoms with Crippen LogP contribution in [0, 0.1) is 18.2 Å². The van der Waals surface area contributed by atoms with Gasteiger partial charge in [-0.2, -0.15) is 0 Å². The van der Waals surface area contributed by atoms with Crippen molar-refractivity contribution in [3.05, 3.63) is 63.0 Å². The van der Waals surface area contributed by atoms with E-state index < -0.39 is 23.4 Å². The molecule has 0 spiro atoms. The van der Waals surface area contributed by atoms with Crippen LogP contribution in [0.4, 0.5) is 9.18 Å². The van der Waals surface area contributed by atoms with Gasteiger partial charge >= 0.3 is 18.0 Å². The standard InChI is InChI=1S/C29H35FN6O5S/c1-5-41-26(37)22-21(15-34-10-11-36-18(13-34)14-35(28(36)40)16-29(3,4)27(38)39)32-24(25-31-9-12-42-25)33-23(22)19-7-6-8-20(30)17(19)2/h6-9,12,18,23H,5,10-11,13-16H2,1-4H3,(H,32,33)(H,38,39)/t18?,23-/m0/s1. The molecule has 0 radical (unpaired) electrons. The molecule has 2 aromatic rings. The van der Waals surface area contributed by atoms with Gasteiger partial charge in [-0.3, -0.25) is 14.7 Å². The zero-order valence-corrected chi connectivity index (χ0v) is 24.9. The highest BCUT2D eigenvalue weighted by Gasteiger charge is 2.44. The number of urea groups is 1. The van der Waals surface area contributed by atoms with Crippen LogP contribution in [0.5, 0.6) is 0 Å². The number of benzene rings is 1. The third-order valence-electron chi connectivity index (χ3n) is 7.92. The molecular weight excluding hydrogens is 563 g/mol. The number of aromatic nitrogens is 1. The van der Waals surface area contributed by atoms with Crippen LogP contribution in [-0.4, -0.2) is 101 Å². The summed E-state index contributed by atoms with van der Waals surface area (Å²) in [7, 11) is 0. The van der Waals surface area contributed by atoms with Crippen LogP contribution >= 0.6 is 11.3 Å². The molecule has 0 saturated carbocycles. The maximum atomic E-state index is 14.7. The molecular formula is C29H35FN6O5S. The lowest BCUT2D eigenvalue weighted by Gasteiger charge is -2.38. The van der Waals surface area contributed by atoms with E-state index in [1.165, 1.54) is 17.4 Å². The maximum absolute atomic E-state index is 14.7. The molecule has 2 amide bonds. The summed E-state index contributed by atoms with van der Waals surface area (Å²) in [6, 6.07) is 3.66. The first kappa shape index (κ1) is 29.6. The van der Waals surface area contributed by atoms with Crippen LogP contribution in [0.25, 0.3) is 0 Å². The second kappa shape index (κ2) is 11.8. The van der Waals surface area contributed by atoms with Crippen molar-refractivity contribution in [2.75, 3.05) is 45.9 Å². The minimum absolute atomic E-state index is 0.121. The number of fused-ring (bicyclic) bond motifs is 1. The summed E-state index contributed by atoms with van der Waals surface area (Å²) < 4.78 is 20.2. The lowest BCUT2D eigenvalue weighted by molar-refractivity contribution is -0.147. The van der Waals surface area contributed by atoms with E-state index in [0.717, 1.165) is 0 Å². The fraction of sp³-hybridized carbons (Fsp3) is 0.483. The smallest absolute Gasteiger partial charge is 0.338 e. The van der Waals surface area contributed by atoms with E-state index in [0.29, 0.717) is 66.0 Å². The fourth-order valence-electron chi connectivity index (χ4n) is 5.65. The van der Waals surface area contributed by atoms with Crippen molar-refractivity contribution >= 4 is 35.1 Å². The Labute approximate surface area is 247 Å². The number of amidine groups is 1. The first-order valence-electron chi connectivity index (χ1n) is 13.9. The van der Waals surface area contributed by atoms with Crippen LogP contribution in [-0.2, 0) is 14.3 Å². The van der Waals surface area contributed by atoms with Crippen molar-refractivity contribution in [2.24, 2.45) is 10.4 Å². The summed E-state index contributed by atoms with van der Waals surface area (Å²) in [6.45, 7) is 9.21. The summed E-state index contributed by atoms with van der Waals surface area (Å²) in [5, 5.41) is 15.4. The number of aliphatic imine (C=N–C) groups is 1. The van der Waals surface area contributed by atoms with Gasteiger partial charge in [0.1, 0.15) is 11.9 Å². The molecule has 2 saturated heterocycles. The Balaban J connectivity index is 1.45. The lowest BCUT2D eigenvalue weighted by atomic mass is 9.92. The molecule has 1 aromatic heterocycles. The minimum atomic E-state index is -1.06. The number of carbonyl (C=O) groups excluding carboxylic acids is 2. The second-order valence-corrected chi connectivity index (χ2v) is 12.2. The van der Waals surface area contributed by atoms with Crippen LogP contribution in [0.3, 0.4) is 0 Å². The minimum Gasteiger partial charge on any atom is -0.481 e. The van der Waals surface area contributed by atoms with E-state index in [1.807, 2.05) is 5.38 Å². The van der Waals surface area contributed by atoms with Crippen LogP contribution in [0.2, 0.25) is 0 Å². The number of nitrogens with one attached hydrogen (secondary N) is 1. The monoisotopic (exact) mass is 598 g/mol.